The van der Waals surface area contributed by atoms with Crippen LogP contribution in [0.4, 0.5) is 17.1 Å². The number of nitro benzene ring substituents is 2. The molecule has 2 aromatic rings. The van der Waals surface area contributed by atoms with Gasteiger partial charge in [0.2, 0.25) is 0 Å². The number of fused-ring (bicyclic) bond motifs is 1. The molecule has 0 heterocycles. The fourth-order valence-corrected chi connectivity index (χ4v) is 3.34. The number of benzene rings is 2. The molecule has 2 aromatic carbocycles. The van der Waals surface area contributed by atoms with E-state index in [0.717, 1.165) is 34.7 Å². The zero-order valence-electron chi connectivity index (χ0n) is 13.8. The van der Waals surface area contributed by atoms with E-state index in [1.807, 2.05) is 18.2 Å². The average Bonchev–Trinajstić information content (AvgIpc) is 2.60. The van der Waals surface area contributed by atoms with Gasteiger partial charge in [-0.05, 0) is 42.5 Å². The second kappa shape index (κ2) is 7.20. The van der Waals surface area contributed by atoms with Crippen LogP contribution in [0.3, 0.4) is 0 Å². The predicted molar refractivity (Wildman–Crippen MR) is 102 cm³/mol. The Hall–Kier alpha value is -2.81. The highest BCUT2D eigenvalue weighted by atomic mass is 79.9. The number of hydrazone groups is 1. The lowest BCUT2D eigenvalue weighted by Crippen LogP contribution is -2.16. The Morgan fingerprint density at radius 1 is 1.15 bits per heavy atom. The van der Waals surface area contributed by atoms with E-state index in [-0.39, 0.29) is 17.1 Å². The van der Waals surface area contributed by atoms with Gasteiger partial charge in [-0.3, -0.25) is 25.7 Å². The number of nitrogens with zero attached hydrogens (tertiary/aromatic N) is 3. The highest BCUT2D eigenvalue weighted by Gasteiger charge is 2.23. The minimum Gasteiger partial charge on any atom is -0.271 e. The second-order valence-corrected chi connectivity index (χ2v) is 6.97. The molecule has 9 heteroatoms. The molecule has 1 unspecified atom stereocenters. The van der Waals surface area contributed by atoms with Crippen molar-refractivity contribution < 1.29 is 9.85 Å². The van der Waals surface area contributed by atoms with E-state index in [1.165, 1.54) is 17.7 Å². The summed E-state index contributed by atoms with van der Waals surface area (Å²) in [6.07, 6.45) is 1.66. The van der Waals surface area contributed by atoms with E-state index in [9.17, 15) is 20.2 Å². The summed E-state index contributed by atoms with van der Waals surface area (Å²) in [5.74, 6) is 0.408. The van der Waals surface area contributed by atoms with Gasteiger partial charge in [0.15, 0.2) is 0 Å². The lowest BCUT2D eigenvalue weighted by molar-refractivity contribution is -0.393. The van der Waals surface area contributed by atoms with Crippen molar-refractivity contribution in [3.05, 3.63) is 72.2 Å². The van der Waals surface area contributed by atoms with Crippen molar-refractivity contribution >= 4 is 38.7 Å². The van der Waals surface area contributed by atoms with Gasteiger partial charge >= 0.3 is 5.69 Å². The van der Waals surface area contributed by atoms with E-state index in [2.05, 4.69) is 33.4 Å². The number of nitrogens with one attached hydrogen (secondary N) is 1. The maximum Gasteiger partial charge on any atom is 0.301 e. The number of halogens is 1. The normalized spacial score (nSPS) is 17.6. The largest absolute Gasteiger partial charge is 0.301 e. The van der Waals surface area contributed by atoms with Crippen LogP contribution in [0.15, 0.2) is 46.0 Å². The van der Waals surface area contributed by atoms with E-state index in [1.54, 1.807) is 0 Å². The molecule has 0 radical (unpaired) electrons. The summed E-state index contributed by atoms with van der Waals surface area (Å²) < 4.78 is 0.930. The number of nitro groups is 2. The first kappa shape index (κ1) is 18.0. The summed E-state index contributed by atoms with van der Waals surface area (Å²) in [7, 11) is 0. The van der Waals surface area contributed by atoms with Crippen LogP contribution >= 0.6 is 15.9 Å². The van der Waals surface area contributed by atoms with Crippen LogP contribution in [0, 0.1) is 20.2 Å². The van der Waals surface area contributed by atoms with Crippen molar-refractivity contribution in [1.82, 2.24) is 0 Å². The minimum absolute atomic E-state index is 0.114. The molecule has 0 aromatic heterocycles. The first-order valence-corrected chi connectivity index (χ1v) is 8.71. The lowest BCUT2D eigenvalue weighted by atomic mass is 9.83. The first-order chi connectivity index (χ1) is 12.4. The van der Waals surface area contributed by atoms with Gasteiger partial charge < -0.3 is 0 Å². The zero-order chi connectivity index (χ0) is 18.8. The highest BCUT2D eigenvalue weighted by molar-refractivity contribution is 9.10. The average molecular weight is 419 g/mol. The molecule has 0 bridgehead atoms. The van der Waals surface area contributed by atoms with Gasteiger partial charge in [0.25, 0.3) is 5.69 Å². The van der Waals surface area contributed by atoms with Gasteiger partial charge in [-0.15, -0.1) is 0 Å². The molecular weight excluding hydrogens is 404 g/mol. The molecule has 1 atom stereocenters. The number of hydrogen-bond acceptors (Lipinski definition) is 6. The third-order valence-corrected chi connectivity index (χ3v) is 4.86. The monoisotopic (exact) mass is 418 g/mol. The van der Waals surface area contributed by atoms with E-state index < -0.39 is 9.85 Å². The van der Waals surface area contributed by atoms with Crippen molar-refractivity contribution in [2.45, 2.75) is 25.7 Å². The molecule has 8 nitrogen and oxygen atoms in total. The fourth-order valence-electron chi connectivity index (χ4n) is 2.97. The molecule has 1 aliphatic rings. The molecular formula is C17H15BrN4O4. The quantitative estimate of drug-likeness (QED) is 0.555. The Bertz CT molecular complexity index is 929. The fraction of sp³-hybridized carbons (Fsp3) is 0.235. The Balaban J connectivity index is 1.96. The SMILES string of the molecule is CC1CC/C(=N\Nc2ccc([N+](=O)[O-])cc2[N+](=O)[O-])c2cc(Br)ccc21. The highest BCUT2D eigenvalue weighted by Crippen LogP contribution is 2.34. The summed E-state index contributed by atoms with van der Waals surface area (Å²) in [4.78, 5) is 20.7. The Morgan fingerprint density at radius 3 is 2.62 bits per heavy atom. The number of hydrogen-bond donors (Lipinski definition) is 1. The topological polar surface area (TPSA) is 111 Å². The van der Waals surface area contributed by atoms with Crippen LogP contribution in [0.2, 0.25) is 0 Å². The number of non-ortho nitro benzene ring substituents is 1. The van der Waals surface area contributed by atoms with Gasteiger partial charge in [0, 0.05) is 16.1 Å². The van der Waals surface area contributed by atoms with Gasteiger partial charge in [-0.1, -0.05) is 28.9 Å². The Morgan fingerprint density at radius 2 is 1.92 bits per heavy atom. The standard InChI is InChI=1S/C17H15BrN4O4/c1-10-2-6-15(14-8-11(18)3-5-13(10)14)19-20-16-7-4-12(21(23)24)9-17(16)22(25)26/h3-5,7-10,20H,2,6H2,1H3/b19-15+. The van der Waals surface area contributed by atoms with Crippen LogP contribution in [0.1, 0.15) is 36.8 Å². The van der Waals surface area contributed by atoms with Crippen molar-refractivity contribution in [3.63, 3.8) is 0 Å². The maximum atomic E-state index is 11.2. The molecule has 0 saturated heterocycles. The van der Waals surface area contributed by atoms with Gasteiger partial charge in [-0.25, -0.2) is 0 Å². The van der Waals surface area contributed by atoms with Crippen molar-refractivity contribution in [2.75, 3.05) is 5.43 Å². The van der Waals surface area contributed by atoms with Gasteiger partial charge in [0.1, 0.15) is 5.69 Å². The molecule has 1 N–H and O–H groups in total. The van der Waals surface area contributed by atoms with Crippen LogP contribution in [-0.4, -0.2) is 15.6 Å². The van der Waals surface area contributed by atoms with Crippen LogP contribution in [0.5, 0.6) is 0 Å². The Labute approximate surface area is 157 Å². The summed E-state index contributed by atoms with van der Waals surface area (Å²) in [5.41, 5.74) is 5.08. The molecule has 134 valence electrons. The summed E-state index contributed by atoms with van der Waals surface area (Å²) >= 11 is 3.46. The smallest absolute Gasteiger partial charge is 0.271 e. The summed E-state index contributed by atoms with van der Waals surface area (Å²) in [5, 5.41) is 26.4. The summed E-state index contributed by atoms with van der Waals surface area (Å²) in [6.45, 7) is 2.15. The number of anilines is 1. The van der Waals surface area contributed by atoms with E-state index in [4.69, 9.17) is 0 Å². The molecule has 0 spiro atoms. The van der Waals surface area contributed by atoms with Crippen molar-refractivity contribution in [2.24, 2.45) is 5.10 Å². The molecule has 0 saturated carbocycles. The predicted octanol–water partition coefficient (Wildman–Crippen LogP) is 4.98. The number of rotatable bonds is 4. The molecule has 3 rings (SSSR count). The molecule has 0 fully saturated rings. The Kier molecular flexibility index (Phi) is 4.99. The first-order valence-electron chi connectivity index (χ1n) is 7.92. The van der Waals surface area contributed by atoms with Gasteiger partial charge in [-0.2, -0.15) is 5.10 Å². The van der Waals surface area contributed by atoms with Crippen LogP contribution in [0.25, 0.3) is 0 Å². The maximum absolute atomic E-state index is 11.2. The van der Waals surface area contributed by atoms with Crippen LogP contribution < -0.4 is 5.43 Å². The summed E-state index contributed by atoms with van der Waals surface area (Å²) in [6, 6.07) is 9.45. The third-order valence-electron chi connectivity index (χ3n) is 4.37. The molecule has 0 amide bonds. The third kappa shape index (κ3) is 3.57. The minimum atomic E-state index is -0.668. The molecule has 0 aliphatic heterocycles. The van der Waals surface area contributed by atoms with E-state index in [0.29, 0.717) is 5.92 Å². The van der Waals surface area contributed by atoms with Crippen molar-refractivity contribution in [3.8, 4) is 0 Å². The van der Waals surface area contributed by atoms with E-state index >= 15 is 0 Å². The second-order valence-electron chi connectivity index (χ2n) is 6.06. The van der Waals surface area contributed by atoms with Crippen molar-refractivity contribution in [1.29, 1.82) is 0 Å². The van der Waals surface area contributed by atoms with Crippen LogP contribution in [-0.2, 0) is 0 Å². The van der Waals surface area contributed by atoms with Gasteiger partial charge in [0.05, 0.1) is 21.6 Å². The molecule has 26 heavy (non-hydrogen) atoms. The molecule has 1 aliphatic carbocycles. The zero-order valence-corrected chi connectivity index (χ0v) is 15.4. The lowest BCUT2D eigenvalue weighted by Gasteiger charge is -2.24.